The fraction of sp³-hybridized carbons (Fsp3) is 0.308. The van der Waals surface area contributed by atoms with Crippen LogP contribution in [0, 0.1) is 17.0 Å². The van der Waals surface area contributed by atoms with Crippen molar-refractivity contribution >= 4 is 28.6 Å². The summed E-state index contributed by atoms with van der Waals surface area (Å²) < 4.78 is 0. The lowest BCUT2D eigenvalue weighted by Crippen LogP contribution is -2.17. The van der Waals surface area contributed by atoms with E-state index in [4.69, 9.17) is 11.6 Å². The number of nitrogens with one attached hydrogen (secondary N) is 1. The molecule has 2 aromatic rings. The molecule has 0 spiro atoms. The van der Waals surface area contributed by atoms with Gasteiger partial charge in [0.2, 0.25) is 0 Å². The van der Waals surface area contributed by atoms with E-state index in [0.29, 0.717) is 17.1 Å². The van der Waals surface area contributed by atoms with Gasteiger partial charge in [-0.25, -0.2) is 4.98 Å². The van der Waals surface area contributed by atoms with E-state index < -0.39 is 4.92 Å². The Morgan fingerprint density at radius 2 is 2.30 bits per heavy atom. The molecule has 0 saturated carbocycles. The van der Waals surface area contributed by atoms with Gasteiger partial charge in [0.1, 0.15) is 0 Å². The van der Waals surface area contributed by atoms with Crippen LogP contribution in [-0.2, 0) is 13.0 Å². The molecule has 20 heavy (non-hydrogen) atoms. The molecule has 1 heterocycles. The number of thiazole rings is 1. The third kappa shape index (κ3) is 4.00. The van der Waals surface area contributed by atoms with Crippen molar-refractivity contribution in [1.29, 1.82) is 0 Å². The summed E-state index contributed by atoms with van der Waals surface area (Å²) >= 11 is 7.40. The highest BCUT2D eigenvalue weighted by atomic mass is 35.5. The predicted octanol–water partition coefficient (Wildman–Crippen LogP) is 3.35. The number of aromatic nitrogens is 1. The average molecular weight is 312 g/mol. The summed E-state index contributed by atoms with van der Waals surface area (Å²) in [5.74, 6) is 0. The summed E-state index contributed by atoms with van der Waals surface area (Å²) in [6.45, 7) is 3.14. The van der Waals surface area contributed by atoms with Crippen molar-refractivity contribution in [3.05, 3.63) is 55.0 Å². The van der Waals surface area contributed by atoms with Crippen molar-refractivity contribution in [2.75, 3.05) is 6.54 Å². The molecule has 0 amide bonds. The lowest BCUT2D eigenvalue weighted by Gasteiger charge is -2.05. The largest absolute Gasteiger partial charge is 0.312 e. The molecular formula is C13H14ClN3O2S. The van der Waals surface area contributed by atoms with Crippen molar-refractivity contribution in [3.63, 3.8) is 0 Å². The standard InChI is InChI=1S/C13H14ClN3O2S/c1-9-16-12(8-20-9)4-5-15-7-10-2-3-11(14)6-13(10)17(18)19/h2-3,6,8,15H,4-5,7H2,1H3. The van der Waals surface area contributed by atoms with E-state index in [0.717, 1.165) is 23.7 Å². The van der Waals surface area contributed by atoms with Crippen molar-refractivity contribution in [3.8, 4) is 0 Å². The van der Waals surface area contributed by atoms with E-state index in [1.807, 2.05) is 12.3 Å². The molecule has 0 radical (unpaired) electrons. The van der Waals surface area contributed by atoms with Crippen molar-refractivity contribution < 1.29 is 4.92 Å². The van der Waals surface area contributed by atoms with E-state index in [2.05, 4.69) is 10.3 Å². The SMILES string of the molecule is Cc1nc(CCNCc2ccc(Cl)cc2[N+](=O)[O-])cs1. The van der Waals surface area contributed by atoms with E-state index in [9.17, 15) is 10.1 Å². The Balaban J connectivity index is 1.89. The van der Waals surface area contributed by atoms with E-state index in [1.165, 1.54) is 6.07 Å². The van der Waals surface area contributed by atoms with Gasteiger partial charge in [0, 0.05) is 41.5 Å². The minimum atomic E-state index is -0.410. The van der Waals surface area contributed by atoms with Gasteiger partial charge in [-0.15, -0.1) is 11.3 Å². The molecule has 0 aliphatic carbocycles. The fourth-order valence-electron chi connectivity index (χ4n) is 1.82. The van der Waals surface area contributed by atoms with Crippen LogP contribution in [0.3, 0.4) is 0 Å². The molecule has 0 unspecified atom stereocenters. The Morgan fingerprint density at radius 1 is 1.50 bits per heavy atom. The maximum atomic E-state index is 10.9. The van der Waals surface area contributed by atoms with Gasteiger partial charge < -0.3 is 5.32 Å². The van der Waals surface area contributed by atoms with Gasteiger partial charge in [-0.1, -0.05) is 11.6 Å². The number of nitro benzene ring substituents is 1. The van der Waals surface area contributed by atoms with Gasteiger partial charge in [0.05, 0.1) is 15.6 Å². The summed E-state index contributed by atoms with van der Waals surface area (Å²) in [5.41, 5.74) is 1.73. The molecule has 0 bridgehead atoms. The van der Waals surface area contributed by atoms with Crippen LogP contribution in [0.5, 0.6) is 0 Å². The first-order valence-corrected chi connectivity index (χ1v) is 7.36. The number of nitro groups is 1. The highest BCUT2D eigenvalue weighted by Crippen LogP contribution is 2.22. The predicted molar refractivity (Wildman–Crippen MR) is 80.4 cm³/mol. The molecule has 0 fully saturated rings. The maximum absolute atomic E-state index is 10.9. The molecule has 7 heteroatoms. The van der Waals surface area contributed by atoms with Crippen molar-refractivity contribution in [2.24, 2.45) is 0 Å². The van der Waals surface area contributed by atoms with Gasteiger partial charge in [-0.3, -0.25) is 10.1 Å². The normalized spacial score (nSPS) is 10.7. The molecule has 2 rings (SSSR count). The first-order valence-electron chi connectivity index (χ1n) is 6.11. The summed E-state index contributed by atoms with van der Waals surface area (Å²) in [6.07, 6.45) is 0.811. The van der Waals surface area contributed by atoms with Gasteiger partial charge in [0.15, 0.2) is 0 Å². The van der Waals surface area contributed by atoms with Crippen LogP contribution in [0.25, 0.3) is 0 Å². The van der Waals surface area contributed by atoms with Gasteiger partial charge in [-0.05, 0) is 19.1 Å². The minimum absolute atomic E-state index is 0.0505. The molecule has 0 saturated heterocycles. The zero-order valence-electron chi connectivity index (χ0n) is 10.9. The molecule has 1 N–H and O–H groups in total. The molecule has 106 valence electrons. The Labute approximate surface area is 125 Å². The lowest BCUT2D eigenvalue weighted by atomic mass is 10.2. The molecule has 0 aliphatic rings. The second-order valence-corrected chi connectivity index (χ2v) is 5.81. The topological polar surface area (TPSA) is 68.1 Å². The molecule has 0 atom stereocenters. The summed E-state index contributed by atoms with van der Waals surface area (Å²) in [4.78, 5) is 14.9. The summed E-state index contributed by atoms with van der Waals surface area (Å²) in [6, 6.07) is 4.72. The Hall–Kier alpha value is -1.50. The average Bonchev–Trinajstić information content (AvgIpc) is 2.81. The van der Waals surface area contributed by atoms with Crippen LogP contribution in [0.15, 0.2) is 23.6 Å². The van der Waals surface area contributed by atoms with Gasteiger partial charge >= 0.3 is 0 Å². The summed E-state index contributed by atoms with van der Waals surface area (Å²) in [7, 11) is 0. The third-order valence-corrected chi connectivity index (χ3v) is 3.84. The van der Waals surface area contributed by atoms with Crippen LogP contribution in [0.4, 0.5) is 5.69 Å². The third-order valence-electron chi connectivity index (χ3n) is 2.78. The maximum Gasteiger partial charge on any atom is 0.275 e. The fourth-order valence-corrected chi connectivity index (χ4v) is 2.63. The quantitative estimate of drug-likeness (QED) is 0.504. The van der Waals surface area contributed by atoms with Gasteiger partial charge in [-0.2, -0.15) is 0 Å². The highest BCUT2D eigenvalue weighted by molar-refractivity contribution is 7.09. The zero-order valence-corrected chi connectivity index (χ0v) is 12.5. The van der Waals surface area contributed by atoms with Crippen LogP contribution >= 0.6 is 22.9 Å². The minimum Gasteiger partial charge on any atom is -0.312 e. The number of nitrogens with zero attached hydrogens (tertiary/aromatic N) is 2. The summed E-state index contributed by atoms with van der Waals surface area (Å²) in [5, 5.41) is 17.6. The lowest BCUT2D eigenvalue weighted by molar-refractivity contribution is -0.385. The molecule has 1 aromatic heterocycles. The number of hydrogen-bond donors (Lipinski definition) is 1. The number of rotatable bonds is 6. The molecule has 0 aliphatic heterocycles. The first-order chi connectivity index (χ1) is 9.56. The number of benzene rings is 1. The van der Waals surface area contributed by atoms with E-state index in [1.54, 1.807) is 23.5 Å². The van der Waals surface area contributed by atoms with Crippen LogP contribution < -0.4 is 5.32 Å². The number of halogens is 1. The van der Waals surface area contributed by atoms with E-state index >= 15 is 0 Å². The second kappa shape index (κ2) is 6.78. The Morgan fingerprint density at radius 3 is 2.95 bits per heavy atom. The highest BCUT2D eigenvalue weighted by Gasteiger charge is 2.13. The zero-order chi connectivity index (χ0) is 14.5. The number of hydrogen-bond acceptors (Lipinski definition) is 5. The number of aryl methyl sites for hydroxylation is 1. The monoisotopic (exact) mass is 311 g/mol. The van der Waals surface area contributed by atoms with Crippen LogP contribution in [0.1, 0.15) is 16.3 Å². The van der Waals surface area contributed by atoms with Crippen LogP contribution in [0.2, 0.25) is 5.02 Å². The van der Waals surface area contributed by atoms with E-state index in [-0.39, 0.29) is 5.69 Å². The molecular weight excluding hydrogens is 298 g/mol. The molecule has 1 aromatic carbocycles. The van der Waals surface area contributed by atoms with Crippen LogP contribution in [-0.4, -0.2) is 16.5 Å². The molecule has 5 nitrogen and oxygen atoms in total. The Bertz CT molecular complexity index is 615. The Kier molecular flexibility index (Phi) is 5.05. The first kappa shape index (κ1) is 14.9. The van der Waals surface area contributed by atoms with Gasteiger partial charge in [0.25, 0.3) is 5.69 Å². The second-order valence-electron chi connectivity index (χ2n) is 4.31. The smallest absolute Gasteiger partial charge is 0.275 e. The van der Waals surface area contributed by atoms with Crippen molar-refractivity contribution in [1.82, 2.24) is 10.3 Å². The van der Waals surface area contributed by atoms with Crippen molar-refractivity contribution in [2.45, 2.75) is 19.9 Å².